The van der Waals surface area contributed by atoms with Crippen LogP contribution in [0.2, 0.25) is 0 Å². The Kier molecular flexibility index (Phi) is 3.68. The van der Waals surface area contributed by atoms with Gasteiger partial charge in [-0.3, -0.25) is 0 Å². The maximum atomic E-state index is 11.1. The Morgan fingerprint density at radius 3 is 2.50 bits per heavy atom. The number of benzene rings is 2. The van der Waals surface area contributed by atoms with Gasteiger partial charge in [0.1, 0.15) is 9.84 Å². The van der Waals surface area contributed by atoms with Crippen LogP contribution in [-0.4, -0.2) is 25.5 Å². The van der Waals surface area contributed by atoms with Crippen LogP contribution in [0.4, 0.5) is 0 Å². The molecule has 0 radical (unpaired) electrons. The van der Waals surface area contributed by atoms with Crippen LogP contribution in [0.3, 0.4) is 0 Å². The standard InChI is InChI=1S/C14H16O3S/c1-18(16,17)10-9-14(15)13-8-4-6-11-5-2-3-7-12(11)13/h2-8,14-15H,9-10H2,1H3. The van der Waals surface area contributed by atoms with E-state index in [9.17, 15) is 13.5 Å². The second-order valence-electron chi connectivity index (χ2n) is 4.50. The maximum Gasteiger partial charge on any atom is 0.147 e. The highest BCUT2D eigenvalue weighted by molar-refractivity contribution is 7.90. The van der Waals surface area contributed by atoms with E-state index in [-0.39, 0.29) is 12.2 Å². The number of hydrogen-bond acceptors (Lipinski definition) is 3. The molecule has 0 saturated heterocycles. The van der Waals surface area contributed by atoms with Crippen molar-refractivity contribution in [3.05, 3.63) is 48.0 Å². The Morgan fingerprint density at radius 2 is 1.78 bits per heavy atom. The molecule has 3 nitrogen and oxygen atoms in total. The number of aliphatic hydroxyl groups excluding tert-OH is 1. The van der Waals surface area contributed by atoms with Gasteiger partial charge in [-0.1, -0.05) is 42.5 Å². The minimum absolute atomic E-state index is 0.00259. The van der Waals surface area contributed by atoms with Gasteiger partial charge in [-0.05, 0) is 22.8 Å². The molecule has 0 saturated carbocycles. The molecule has 0 fully saturated rings. The van der Waals surface area contributed by atoms with Crippen molar-refractivity contribution in [1.29, 1.82) is 0 Å². The fourth-order valence-electron chi connectivity index (χ4n) is 2.02. The Labute approximate surface area is 107 Å². The normalized spacial score (nSPS) is 13.7. The lowest BCUT2D eigenvalue weighted by Crippen LogP contribution is -2.08. The van der Waals surface area contributed by atoms with Gasteiger partial charge >= 0.3 is 0 Å². The summed E-state index contributed by atoms with van der Waals surface area (Å²) >= 11 is 0. The van der Waals surface area contributed by atoms with Crippen LogP contribution in [-0.2, 0) is 9.84 Å². The van der Waals surface area contributed by atoms with Gasteiger partial charge in [-0.2, -0.15) is 0 Å². The summed E-state index contributed by atoms with van der Waals surface area (Å²) in [6, 6.07) is 13.5. The van der Waals surface area contributed by atoms with Crippen molar-refractivity contribution in [2.75, 3.05) is 12.0 Å². The fraction of sp³-hybridized carbons (Fsp3) is 0.286. The van der Waals surface area contributed by atoms with E-state index in [0.717, 1.165) is 16.3 Å². The monoisotopic (exact) mass is 264 g/mol. The quantitative estimate of drug-likeness (QED) is 0.922. The molecule has 1 N–H and O–H groups in total. The van der Waals surface area contributed by atoms with Gasteiger partial charge in [-0.25, -0.2) is 8.42 Å². The second kappa shape index (κ2) is 5.08. The lowest BCUT2D eigenvalue weighted by molar-refractivity contribution is 0.176. The average Bonchev–Trinajstić information content (AvgIpc) is 2.34. The summed E-state index contributed by atoms with van der Waals surface area (Å²) in [6.45, 7) is 0. The van der Waals surface area contributed by atoms with Crippen molar-refractivity contribution < 1.29 is 13.5 Å². The lowest BCUT2D eigenvalue weighted by atomic mass is 9.99. The molecule has 4 heteroatoms. The van der Waals surface area contributed by atoms with Crippen LogP contribution in [0, 0.1) is 0 Å². The van der Waals surface area contributed by atoms with Gasteiger partial charge in [0.2, 0.25) is 0 Å². The number of rotatable bonds is 4. The molecule has 2 aromatic carbocycles. The van der Waals surface area contributed by atoms with Crippen molar-refractivity contribution in [1.82, 2.24) is 0 Å². The summed E-state index contributed by atoms with van der Waals surface area (Å²) in [5, 5.41) is 12.1. The predicted octanol–water partition coefficient (Wildman–Crippen LogP) is 2.31. The summed E-state index contributed by atoms with van der Waals surface area (Å²) in [5.41, 5.74) is 0.789. The fourth-order valence-corrected chi connectivity index (χ4v) is 2.67. The van der Waals surface area contributed by atoms with Crippen molar-refractivity contribution in [2.24, 2.45) is 0 Å². The smallest absolute Gasteiger partial charge is 0.147 e. The van der Waals surface area contributed by atoms with Crippen LogP contribution < -0.4 is 0 Å². The molecule has 0 aromatic heterocycles. The van der Waals surface area contributed by atoms with E-state index in [4.69, 9.17) is 0 Å². The van der Waals surface area contributed by atoms with Crippen molar-refractivity contribution in [3.8, 4) is 0 Å². The Hall–Kier alpha value is -1.39. The van der Waals surface area contributed by atoms with Crippen LogP contribution in [0.5, 0.6) is 0 Å². The molecule has 96 valence electrons. The largest absolute Gasteiger partial charge is 0.388 e. The molecule has 2 rings (SSSR count). The summed E-state index contributed by atoms with van der Waals surface area (Å²) in [7, 11) is -3.04. The Bertz CT molecular complexity index is 642. The third-order valence-corrected chi connectivity index (χ3v) is 3.92. The van der Waals surface area contributed by atoms with Crippen molar-refractivity contribution in [2.45, 2.75) is 12.5 Å². The van der Waals surface area contributed by atoms with Crippen LogP contribution in [0.25, 0.3) is 10.8 Å². The van der Waals surface area contributed by atoms with Gasteiger partial charge in [-0.15, -0.1) is 0 Å². The molecule has 0 aliphatic carbocycles. The van der Waals surface area contributed by atoms with E-state index < -0.39 is 15.9 Å². The third-order valence-electron chi connectivity index (χ3n) is 2.94. The SMILES string of the molecule is CS(=O)(=O)CCC(O)c1cccc2ccccc12. The van der Waals surface area contributed by atoms with Gasteiger partial charge < -0.3 is 5.11 Å². The lowest BCUT2D eigenvalue weighted by Gasteiger charge is -2.13. The van der Waals surface area contributed by atoms with Crippen LogP contribution >= 0.6 is 0 Å². The zero-order valence-electron chi connectivity index (χ0n) is 10.2. The predicted molar refractivity (Wildman–Crippen MR) is 73.2 cm³/mol. The van der Waals surface area contributed by atoms with E-state index in [1.165, 1.54) is 6.26 Å². The number of sulfone groups is 1. The first-order chi connectivity index (χ1) is 8.47. The molecule has 0 bridgehead atoms. The van der Waals surface area contributed by atoms with E-state index in [1.54, 1.807) is 0 Å². The zero-order valence-corrected chi connectivity index (χ0v) is 11.0. The van der Waals surface area contributed by atoms with E-state index in [1.807, 2.05) is 42.5 Å². The molecule has 0 aliphatic rings. The topological polar surface area (TPSA) is 54.4 Å². The number of hydrogen-bond donors (Lipinski definition) is 1. The first kappa shape index (κ1) is 13.1. The molecule has 1 atom stereocenters. The summed E-state index contributed by atoms with van der Waals surface area (Å²) in [5.74, 6) is -0.00259. The molecule has 0 amide bonds. The van der Waals surface area contributed by atoms with Crippen molar-refractivity contribution >= 4 is 20.6 Å². The number of fused-ring (bicyclic) bond motifs is 1. The minimum atomic E-state index is -3.04. The molecule has 18 heavy (non-hydrogen) atoms. The summed E-state index contributed by atoms with van der Waals surface area (Å²) in [6.07, 6.45) is 0.668. The van der Waals surface area contributed by atoms with E-state index in [0.29, 0.717) is 0 Å². The van der Waals surface area contributed by atoms with Crippen molar-refractivity contribution in [3.63, 3.8) is 0 Å². The third kappa shape index (κ3) is 3.09. The zero-order chi connectivity index (χ0) is 13.2. The van der Waals surface area contributed by atoms with Gasteiger partial charge in [0.15, 0.2) is 0 Å². The average molecular weight is 264 g/mol. The first-order valence-electron chi connectivity index (χ1n) is 5.81. The summed E-state index contributed by atoms with van der Waals surface area (Å²) in [4.78, 5) is 0. The highest BCUT2D eigenvalue weighted by Crippen LogP contribution is 2.26. The first-order valence-corrected chi connectivity index (χ1v) is 7.87. The van der Waals surface area contributed by atoms with Crippen LogP contribution in [0.15, 0.2) is 42.5 Å². The van der Waals surface area contributed by atoms with Crippen LogP contribution in [0.1, 0.15) is 18.1 Å². The highest BCUT2D eigenvalue weighted by atomic mass is 32.2. The molecule has 1 unspecified atom stereocenters. The molecular formula is C14H16O3S. The van der Waals surface area contributed by atoms with E-state index in [2.05, 4.69) is 0 Å². The second-order valence-corrected chi connectivity index (χ2v) is 6.76. The minimum Gasteiger partial charge on any atom is -0.388 e. The van der Waals surface area contributed by atoms with Gasteiger partial charge in [0, 0.05) is 6.26 Å². The highest BCUT2D eigenvalue weighted by Gasteiger charge is 2.13. The molecule has 0 aliphatic heterocycles. The molecule has 2 aromatic rings. The summed E-state index contributed by atoms with van der Waals surface area (Å²) < 4.78 is 22.2. The maximum absolute atomic E-state index is 11.1. The Morgan fingerprint density at radius 1 is 1.11 bits per heavy atom. The Balaban J connectivity index is 2.30. The molecule has 0 spiro atoms. The number of aliphatic hydroxyl groups is 1. The molecular weight excluding hydrogens is 248 g/mol. The van der Waals surface area contributed by atoms with Gasteiger partial charge in [0.05, 0.1) is 11.9 Å². The van der Waals surface area contributed by atoms with E-state index >= 15 is 0 Å². The van der Waals surface area contributed by atoms with Gasteiger partial charge in [0.25, 0.3) is 0 Å². The molecule has 0 heterocycles.